The standard InChI is InChI=1S/C26H30N8O2/c1-32-15-19(13-29-32)30-25-23(24(27)35)28-14-22(31-25)33-11-2-3-20-21(33)10-12-34(20)26(36)18-8-6-17(7-9-18)16-4-5-16/h6-9,13-16,20-21H,2-5,10-12H2,1H3,(H2,27,35)(H,30,31)/t20-,21-/m0/s1. The van der Waals surface area contributed by atoms with Crippen LogP contribution in [0.4, 0.5) is 17.3 Å². The molecule has 2 aromatic heterocycles. The normalized spacial score (nSPS) is 21.4. The van der Waals surface area contributed by atoms with E-state index in [9.17, 15) is 9.59 Å². The van der Waals surface area contributed by atoms with Crippen LogP contribution in [0.2, 0.25) is 0 Å². The van der Waals surface area contributed by atoms with Crippen LogP contribution in [0.1, 0.15) is 64.4 Å². The number of nitrogens with one attached hydrogen (secondary N) is 1. The van der Waals surface area contributed by atoms with Crippen LogP contribution in [0.3, 0.4) is 0 Å². The first-order valence-corrected chi connectivity index (χ1v) is 12.6. The van der Waals surface area contributed by atoms with Crippen LogP contribution >= 0.6 is 0 Å². The third-order valence-corrected chi connectivity index (χ3v) is 7.53. The summed E-state index contributed by atoms with van der Waals surface area (Å²) in [7, 11) is 1.81. The van der Waals surface area contributed by atoms with Gasteiger partial charge in [0.25, 0.3) is 11.8 Å². The van der Waals surface area contributed by atoms with Crippen molar-refractivity contribution in [1.82, 2.24) is 24.6 Å². The smallest absolute Gasteiger partial charge is 0.271 e. The van der Waals surface area contributed by atoms with E-state index >= 15 is 0 Å². The number of carbonyl (C=O) groups is 2. The Labute approximate surface area is 209 Å². The molecule has 0 unspecified atom stereocenters. The topological polar surface area (TPSA) is 122 Å². The van der Waals surface area contributed by atoms with E-state index in [0.717, 1.165) is 31.4 Å². The zero-order chi connectivity index (χ0) is 24.8. The van der Waals surface area contributed by atoms with Crippen LogP contribution in [0.25, 0.3) is 0 Å². The molecule has 3 aliphatic rings. The first kappa shape index (κ1) is 22.5. The molecule has 2 atom stereocenters. The molecule has 10 nitrogen and oxygen atoms in total. The lowest BCUT2D eigenvalue weighted by molar-refractivity contribution is 0.0713. The number of benzene rings is 1. The maximum absolute atomic E-state index is 13.4. The molecule has 0 spiro atoms. The molecule has 1 saturated carbocycles. The highest BCUT2D eigenvalue weighted by Gasteiger charge is 2.43. The molecule has 1 aromatic carbocycles. The third-order valence-electron chi connectivity index (χ3n) is 7.53. The molecule has 36 heavy (non-hydrogen) atoms. The Bertz CT molecular complexity index is 1300. The SMILES string of the molecule is Cn1cc(Nc2nc(N3CCC[C@H]4[C@@H]3CCN4C(=O)c3ccc(C4CC4)cc3)cnc2C(N)=O)cn1. The number of rotatable bonds is 6. The number of piperidine rings is 1. The number of fused-ring (bicyclic) bond motifs is 1. The highest BCUT2D eigenvalue weighted by molar-refractivity contribution is 5.96. The van der Waals surface area contributed by atoms with Gasteiger partial charge in [-0.25, -0.2) is 9.97 Å². The Morgan fingerprint density at radius 1 is 1.03 bits per heavy atom. The van der Waals surface area contributed by atoms with Crippen LogP contribution in [0.15, 0.2) is 42.9 Å². The van der Waals surface area contributed by atoms with Gasteiger partial charge in [-0.1, -0.05) is 12.1 Å². The second-order valence-corrected chi connectivity index (χ2v) is 9.97. The minimum atomic E-state index is -0.651. The fraction of sp³-hybridized carbons (Fsp3) is 0.423. The molecule has 3 fully saturated rings. The fourth-order valence-corrected chi connectivity index (χ4v) is 5.61. The van der Waals surface area contributed by atoms with Gasteiger partial charge >= 0.3 is 0 Å². The van der Waals surface area contributed by atoms with E-state index in [1.54, 1.807) is 23.3 Å². The van der Waals surface area contributed by atoms with Gasteiger partial charge in [-0.2, -0.15) is 5.10 Å². The van der Waals surface area contributed by atoms with Crippen LogP contribution in [-0.2, 0) is 7.05 Å². The zero-order valence-corrected chi connectivity index (χ0v) is 20.3. The summed E-state index contributed by atoms with van der Waals surface area (Å²) in [4.78, 5) is 38.8. The van der Waals surface area contributed by atoms with E-state index < -0.39 is 5.91 Å². The van der Waals surface area contributed by atoms with E-state index in [1.807, 2.05) is 24.1 Å². The molecule has 2 amide bonds. The van der Waals surface area contributed by atoms with Crippen molar-refractivity contribution in [1.29, 1.82) is 0 Å². The number of aromatic nitrogens is 4. The first-order valence-electron chi connectivity index (χ1n) is 12.6. The summed E-state index contributed by atoms with van der Waals surface area (Å²) in [5.74, 6) is 1.10. The number of carbonyl (C=O) groups excluding carboxylic acids is 2. The van der Waals surface area contributed by atoms with Crippen LogP contribution < -0.4 is 16.0 Å². The number of hydrogen-bond acceptors (Lipinski definition) is 7. The van der Waals surface area contributed by atoms with Crippen molar-refractivity contribution >= 4 is 29.1 Å². The number of hydrogen-bond donors (Lipinski definition) is 2. The largest absolute Gasteiger partial charge is 0.364 e. The number of anilines is 3. The Kier molecular flexibility index (Phi) is 5.58. The molecular weight excluding hydrogens is 456 g/mol. The third kappa shape index (κ3) is 4.16. The Morgan fingerprint density at radius 3 is 2.53 bits per heavy atom. The van der Waals surface area contributed by atoms with Crippen molar-refractivity contribution in [3.8, 4) is 0 Å². The van der Waals surface area contributed by atoms with E-state index in [4.69, 9.17) is 10.7 Å². The van der Waals surface area contributed by atoms with E-state index in [-0.39, 0.29) is 23.7 Å². The second kappa shape index (κ2) is 8.92. The van der Waals surface area contributed by atoms with E-state index in [2.05, 4.69) is 32.4 Å². The van der Waals surface area contributed by atoms with Crippen molar-refractivity contribution in [2.24, 2.45) is 12.8 Å². The molecule has 3 N–H and O–H groups in total. The quantitative estimate of drug-likeness (QED) is 0.549. The van der Waals surface area contributed by atoms with Gasteiger partial charge in [0.1, 0.15) is 5.82 Å². The summed E-state index contributed by atoms with van der Waals surface area (Å²) in [6, 6.07) is 8.44. The van der Waals surface area contributed by atoms with Crippen molar-refractivity contribution < 1.29 is 9.59 Å². The summed E-state index contributed by atoms with van der Waals surface area (Å²) >= 11 is 0. The van der Waals surface area contributed by atoms with Gasteiger partial charge in [-0.3, -0.25) is 14.3 Å². The predicted octanol–water partition coefficient (Wildman–Crippen LogP) is 2.81. The van der Waals surface area contributed by atoms with Gasteiger partial charge in [-0.05, 0) is 55.7 Å². The van der Waals surface area contributed by atoms with Crippen molar-refractivity contribution in [3.63, 3.8) is 0 Å². The molecule has 10 heteroatoms. The monoisotopic (exact) mass is 486 g/mol. The number of likely N-dealkylation sites (tertiary alicyclic amines) is 1. The number of amides is 2. The Morgan fingerprint density at radius 2 is 1.83 bits per heavy atom. The molecule has 0 radical (unpaired) electrons. The number of aryl methyl sites for hydroxylation is 1. The minimum Gasteiger partial charge on any atom is -0.364 e. The average molecular weight is 487 g/mol. The van der Waals surface area contributed by atoms with Gasteiger partial charge in [0.2, 0.25) is 0 Å². The van der Waals surface area contributed by atoms with Crippen molar-refractivity contribution in [3.05, 3.63) is 59.7 Å². The predicted molar refractivity (Wildman–Crippen MR) is 135 cm³/mol. The fourth-order valence-electron chi connectivity index (χ4n) is 5.61. The van der Waals surface area contributed by atoms with Gasteiger partial charge in [0.15, 0.2) is 11.5 Å². The molecule has 186 valence electrons. The van der Waals surface area contributed by atoms with Gasteiger partial charge in [0.05, 0.1) is 30.2 Å². The van der Waals surface area contributed by atoms with Gasteiger partial charge in [0, 0.05) is 31.9 Å². The molecule has 3 aromatic rings. The van der Waals surface area contributed by atoms with Gasteiger partial charge < -0.3 is 20.9 Å². The highest BCUT2D eigenvalue weighted by atomic mass is 16.2. The first-order chi connectivity index (χ1) is 17.5. The minimum absolute atomic E-state index is 0.0778. The highest BCUT2D eigenvalue weighted by Crippen LogP contribution is 2.40. The molecular formula is C26H30N8O2. The Balaban J connectivity index is 1.23. The van der Waals surface area contributed by atoms with Crippen LogP contribution in [0, 0.1) is 0 Å². The lowest BCUT2D eigenvalue weighted by atomic mass is 9.96. The van der Waals surface area contributed by atoms with E-state index in [1.165, 1.54) is 18.4 Å². The molecule has 2 saturated heterocycles. The van der Waals surface area contributed by atoms with Crippen LogP contribution in [-0.4, -0.2) is 61.6 Å². The van der Waals surface area contributed by atoms with Crippen LogP contribution in [0.5, 0.6) is 0 Å². The Hall–Kier alpha value is -3.95. The number of nitrogens with zero attached hydrogens (tertiary/aromatic N) is 6. The summed E-state index contributed by atoms with van der Waals surface area (Å²) in [5.41, 5.74) is 8.42. The average Bonchev–Trinajstić information content (AvgIpc) is 3.52. The van der Waals surface area contributed by atoms with Gasteiger partial charge in [-0.15, -0.1) is 0 Å². The summed E-state index contributed by atoms with van der Waals surface area (Å²) in [5, 5.41) is 7.28. The van der Waals surface area contributed by atoms with Crippen molar-refractivity contribution in [2.45, 2.75) is 50.1 Å². The lowest BCUT2D eigenvalue weighted by Crippen LogP contribution is -2.51. The number of primary amides is 1. The maximum atomic E-state index is 13.4. The maximum Gasteiger partial charge on any atom is 0.271 e. The molecule has 2 aliphatic heterocycles. The molecule has 4 heterocycles. The second-order valence-electron chi connectivity index (χ2n) is 9.97. The lowest BCUT2D eigenvalue weighted by Gasteiger charge is -2.40. The molecule has 0 bridgehead atoms. The molecule has 1 aliphatic carbocycles. The summed E-state index contributed by atoms with van der Waals surface area (Å²) in [6.07, 6.45) is 10.3. The molecule has 6 rings (SSSR count). The zero-order valence-electron chi connectivity index (χ0n) is 20.3. The van der Waals surface area contributed by atoms with E-state index in [0.29, 0.717) is 29.8 Å². The van der Waals surface area contributed by atoms with Crippen molar-refractivity contribution in [2.75, 3.05) is 23.3 Å². The summed E-state index contributed by atoms with van der Waals surface area (Å²) in [6.45, 7) is 1.53. The summed E-state index contributed by atoms with van der Waals surface area (Å²) < 4.78 is 1.66. The number of nitrogens with two attached hydrogens (primary N) is 1.